The van der Waals surface area contributed by atoms with Crippen LogP contribution in [0.25, 0.3) is 6.08 Å². The molecule has 1 aromatic rings. The third kappa shape index (κ3) is 4.98. The van der Waals surface area contributed by atoms with Crippen molar-refractivity contribution in [2.75, 3.05) is 20.2 Å². The lowest BCUT2D eigenvalue weighted by Gasteiger charge is -2.30. The number of esters is 1. The predicted molar refractivity (Wildman–Crippen MR) is 91.4 cm³/mol. The predicted octanol–water partition coefficient (Wildman–Crippen LogP) is 3.81. The molecule has 4 nitrogen and oxygen atoms in total. The van der Waals surface area contributed by atoms with Gasteiger partial charge in [-0.05, 0) is 37.0 Å². The van der Waals surface area contributed by atoms with E-state index in [2.05, 4.69) is 4.74 Å². The maximum atomic E-state index is 12.2. The zero-order chi connectivity index (χ0) is 16.8. The highest BCUT2D eigenvalue weighted by Gasteiger charge is 2.23. The van der Waals surface area contributed by atoms with Gasteiger partial charge in [-0.25, -0.2) is 0 Å². The fraction of sp³-hybridized carbons (Fsp3) is 0.412. The summed E-state index contributed by atoms with van der Waals surface area (Å²) in [4.78, 5) is 25.3. The average molecular weight is 356 g/mol. The highest BCUT2D eigenvalue weighted by atomic mass is 35.5. The first-order chi connectivity index (χ1) is 11.0. The van der Waals surface area contributed by atoms with E-state index >= 15 is 0 Å². The van der Waals surface area contributed by atoms with E-state index in [0.717, 1.165) is 12.8 Å². The number of nitrogens with zero attached hydrogens (tertiary/aromatic N) is 1. The van der Waals surface area contributed by atoms with Gasteiger partial charge in [-0.3, -0.25) is 9.59 Å². The number of benzene rings is 1. The van der Waals surface area contributed by atoms with Crippen molar-refractivity contribution in [3.05, 3.63) is 39.9 Å². The van der Waals surface area contributed by atoms with Crippen LogP contribution in [0.1, 0.15) is 24.8 Å². The molecule has 1 aliphatic heterocycles. The number of carbonyl (C=O) groups excluding carboxylic acids is 2. The van der Waals surface area contributed by atoms with Crippen molar-refractivity contribution in [3.63, 3.8) is 0 Å². The van der Waals surface area contributed by atoms with E-state index in [1.54, 1.807) is 29.2 Å². The number of ether oxygens (including phenoxy) is 1. The molecule has 0 spiro atoms. The first-order valence-corrected chi connectivity index (χ1v) is 8.24. The molecule has 1 aliphatic rings. The molecule has 1 saturated heterocycles. The number of likely N-dealkylation sites (tertiary alicyclic amines) is 1. The summed E-state index contributed by atoms with van der Waals surface area (Å²) in [5, 5.41) is 1.02. The molecule has 1 amide bonds. The van der Waals surface area contributed by atoms with Crippen molar-refractivity contribution in [1.82, 2.24) is 4.90 Å². The van der Waals surface area contributed by atoms with Gasteiger partial charge in [0, 0.05) is 41.2 Å². The first kappa shape index (κ1) is 17.8. The van der Waals surface area contributed by atoms with E-state index in [1.165, 1.54) is 13.2 Å². The van der Waals surface area contributed by atoms with Crippen molar-refractivity contribution >= 4 is 41.2 Å². The molecule has 0 saturated carbocycles. The molecule has 6 heteroatoms. The van der Waals surface area contributed by atoms with Crippen LogP contribution in [0.15, 0.2) is 24.3 Å². The second-order valence-corrected chi connectivity index (χ2v) is 6.33. The van der Waals surface area contributed by atoms with E-state index in [-0.39, 0.29) is 17.8 Å². The van der Waals surface area contributed by atoms with E-state index in [0.29, 0.717) is 35.1 Å². The minimum atomic E-state index is -0.192. The van der Waals surface area contributed by atoms with Gasteiger partial charge in [0.2, 0.25) is 5.91 Å². The molecule has 1 fully saturated rings. The number of rotatable bonds is 4. The van der Waals surface area contributed by atoms with Gasteiger partial charge < -0.3 is 9.64 Å². The molecule has 0 aromatic heterocycles. The maximum Gasteiger partial charge on any atom is 0.305 e. The standard InChI is InChI=1S/C17H19Cl2NO3/c1-23-17(22)11-12-7-9-20(10-8-12)16(21)6-5-13-14(18)3-2-4-15(13)19/h2-6,12H,7-11H2,1H3. The number of piperidine rings is 1. The molecule has 0 bridgehead atoms. The minimum absolute atomic E-state index is 0.0718. The Bertz CT molecular complexity index is 588. The molecule has 1 aromatic carbocycles. The van der Waals surface area contributed by atoms with Gasteiger partial charge in [-0.2, -0.15) is 0 Å². The van der Waals surface area contributed by atoms with E-state index in [1.807, 2.05) is 0 Å². The molecule has 124 valence electrons. The highest BCUT2D eigenvalue weighted by molar-refractivity contribution is 6.37. The average Bonchev–Trinajstić information content (AvgIpc) is 2.54. The van der Waals surface area contributed by atoms with Gasteiger partial charge in [0.05, 0.1) is 7.11 Å². The smallest absolute Gasteiger partial charge is 0.305 e. The summed E-state index contributed by atoms with van der Waals surface area (Å²) in [6.07, 6.45) is 5.17. The van der Waals surface area contributed by atoms with Crippen LogP contribution in [-0.2, 0) is 14.3 Å². The third-order valence-electron chi connectivity index (χ3n) is 4.00. The molecule has 23 heavy (non-hydrogen) atoms. The molecule has 0 unspecified atom stereocenters. The van der Waals surface area contributed by atoms with Gasteiger partial charge in [0.15, 0.2) is 0 Å². The van der Waals surface area contributed by atoms with Crippen molar-refractivity contribution in [2.24, 2.45) is 5.92 Å². The molecule has 1 heterocycles. The Morgan fingerprint density at radius 1 is 1.26 bits per heavy atom. The van der Waals surface area contributed by atoms with Crippen molar-refractivity contribution in [2.45, 2.75) is 19.3 Å². The third-order valence-corrected chi connectivity index (χ3v) is 4.66. The van der Waals surface area contributed by atoms with Crippen LogP contribution < -0.4 is 0 Å². The van der Waals surface area contributed by atoms with Crippen LogP contribution in [0, 0.1) is 5.92 Å². The van der Waals surface area contributed by atoms with Crippen LogP contribution in [0.4, 0.5) is 0 Å². The number of hydrogen-bond donors (Lipinski definition) is 0. The first-order valence-electron chi connectivity index (χ1n) is 7.49. The van der Waals surface area contributed by atoms with E-state index in [9.17, 15) is 9.59 Å². The van der Waals surface area contributed by atoms with Gasteiger partial charge in [0.25, 0.3) is 0 Å². The summed E-state index contributed by atoms with van der Waals surface area (Å²) in [7, 11) is 1.39. The van der Waals surface area contributed by atoms with Crippen molar-refractivity contribution in [1.29, 1.82) is 0 Å². The zero-order valence-electron chi connectivity index (χ0n) is 12.9. The fourth-order valence-electron chi connectivity index (χ4n) is 2.61. The fourth-order valence-corrected chi connectivity index (χ4v) is 3.13. The van der Waals surface area contributed by atoms with Crippen LogP contribution >= 0.6 is 23.2 Å². The summed E-state index contributed by atoms with van der Waals surface area (Å²) < 4.78 is 4.68. The number of hydrogen-bond acceptors (Lipinski definition) is 3. The normalized spacial score (nSPS) is 15.9. The number of amides is 1. The van der Waals surface area contributed by atoms with Gasteiger partial charge >= 0.3 is 5.97 Å². The second-order valence-electron chi connectivity index (χ2n) is 5.52. The van der Waals surface area contributed by atoms with Crippen LogP contribution in [0.5, 0.6) is 0 Å². The lowest BCUT2D eigenvalue weighted by Crippen LogP contribution is -2.38. The number of carbonyl (C=O) groups is 2. The van der Waals surface area contributed by atoms with Gasteiger partial charge in [-0.15, -0.1) is 0 Å². The number of methoxy groups -OCH3 is 1. The Balaban J connectivity index is 1.90. The zero-order valence-corrected chi connectivity index (χ0v) is 14.4. The second kappa shape index (κ2) is 8.37. The van der Waals surface area contributed by atoms with Crippen LogP contribution in [0.2, 0.25) is 10.0 Å². The van der Waals surface area contributed by atoms with Gasteiger partial charge in [0.1, 0.15) is 0 Å². The summed E-state index contributed by atoms with van der Waals surface area (Å²) in [5.74, 6) is 0.0222. The Hall–Kier alpha value is -1.52. The van der Waals surface area contributed by atoms with Crippen molar-refractivity contribution in [3.8, 4) is 0 Å². The summed E-state index contributed by atoms with van der Waals surface area (Å²) in [5.41, 5.74) is 0.643. The maximum absolute atomic E-state index is 12.2. The Morgan fingerprint density at radius 3 is 2.43 bits per heavy atom. The molecular formula is C17H19Cl2NO3. The largest absolute Gasteiger partial charge is 0.469 e. The Morgan fingerprint density at radius 2 is 1.87 bits per heavy atom. The number of halogens is 2. The minimum Gasteiger partial charge on any atom is -0.469 e. The molecular weight excluding hydrogens is 337 g/mol. The van der Waals surface area contributed by atoms with E-state index in [4.69, 9.17) is 23.2 Å². The molecule has 2 rings (SSSR count). The lowest BCUT2D eigenvalue weighted by molar-refractivity contribution is -0.142. The quantitative estimate of drug-likeness (QED) is 0.609. The summed E-state index contributed by atoms with van der Waals surface area (Å²) in [6, 6.07) is 5.22. The van der Waals surface area contributed by atoms with Crippen LogP contribution in [-0.4, -0.2) is 37.0 Å². The van der Waals surface area contributed by atoms with Gasteiger partial charge in [-0.1, -0.05) is 29.3 Å². The lowest BCUT2D eigenvalue weighted by atomic mass is 9.93. The molecule has 0 aliphatic carbocycles. The van der Waals surface area contributed by atoms with E-state index < -0.39 is 0 Å². The SMILES string of the molecule is COC(=O)CC1CCN(C(=O)C=Cc2c(Cl)cccc2Cl)CC1. The summed E-state index contributed by atoms with van der Waals surface area (Å²) >= 11 is 12.2. The Labute approximate surface area is 146 Å². The molecule has 0 radical (unpaired) electrons. The van der Waals surface area contributed by atoms with Crippen molar-refractivity contribution < 1.29 is 14.3 Å². The van der Waals surface area contributed by atoms with Crippen LogP contribution in [0.3, 0.4) is 0 Å². The molecule has 0 atom stereocenters. The topological polar surface area (TPSA) is 46.6 Å². The monoisotopic (exact) mass is 355 g/mol. The summed E-state index contributed by atoms with van der Waals surface area (Å²) in [6.45, 7) is 1.28. The highest BCUT2D eigenvalue weighted by Crippen LogP contribution is 2.26. The Kier molecular flexibility index (Phi) is 6.48. The molecule has 0 N–H and O–H groups in total.